The first-order chi connectivity index (χ1) is 16.3. The van der Waals surface area contributed by atoms with Crippen molar-refractivity contribution in [2.75, 3.05) is 26.2 Å². The van der Waals surface area contributed by atoms with Crippen LogP contribution in [-0.2, 0) is 10.0 Å². The summed E-state index contributed by atoms with van der Waals surface area (Å²) in [4.78, 5) is 21.4. The van der Waals surface area contributed by atoms with Gasteiger partial charge in [-0.25, -0.2) is 13.4 Å². The molecule has 1 fully saturated rings. The van der Waals surface area contributed by atoms with E-state index in [4.69, 9.17) is 11.6 Å². The van der Waals surface area contributed by atoms with Gasteiger partial charge in [0.15, 0.2) is 18.1 Å². The number of carbonyl (C=O) groups excluding carboxylic acids is 1. The van der Waals surface area contributed by atoms with Crippen molar-refractivity contribution in [3.63, 3.8) is 0 Å². The van der Waals surface area contributed by atoms with Gasteiger partial charge in [-0.15, -0.1) is 10.2 Å². The van der Waals surface area contributed by atoms with Crippen molar-refractivity contribution < 1.29 is 17.9 Å². The van der Waals surface area contributed by atoms with Gasteiger partial charge in [0.2, 0.25) is 5.16 Å². The number of imidazole rings is 1. The molecule has 0 aliphatic carbocycles. The number of rotatable bonds is 4. The molecule has 1 saturated heterocycles. The van der Waals surface area contributed by atoms with Crippen LogP contribution in [0.1, 0.15) is 10.5 Å². The number of carbonyl (C=O) groups is 1. The minimum Gasteiger partial charge on any atom is -0.619 e. The third-order valence-corrected chi connectivity index (χ3v) is 7.48. The molecule has 0 radical (unpaired) electrons. The second-order valence-electron chi connectivity index (χ2n) is 7.65. The molecule has 3 aromatic heterocycles. The standard InChI is InChI=1S/C21H18ClN7O4S/c22-15-1-2-17-19(13-15)24-21(23-17)34(32,33)29-11-9-27(10-12-29)20(30)18-4-3-16(25-26-18)14-5-7-28(31)8-6-14/h1-8,13H,9-12H2,(H,23,24). The molecule has 0 spiro atoms. The van der Waals surface area contributed by atoms with Crippen molar-refractivity contribution >= 4 is 38.6 Å². The van der Waals surface area contributed by atoms with E-state index in [1.807, 2.05) is 0 Å². The minimum atomic E-state index is -3.86. The van der Waals surface area contributed by atoms with Crippen molar-refractivity contribution in [3.8, 4) is 11.3 Å². The number of benzene rings is 1. The lowest BCUT2D eigenvalue weighted by molar-refractivity contribution is -0.605. The summed E-state index contributed by atoms with van der Waals surface area (Å²) in [6.45, 7) is 0.651. The van der Waals surface area contributed by atoms with Crippen molar-refractivity contribution in [3.05, 3.63) is 70.8 Å². The molecule has 0 saturated carbocycles. The van der Waals surface area contributed by atoms with Crippen molar-refractivity contribution in [2.45, 2.75) is 5.16 Å². The maximum Gasteiger partial charge on any atom is 0.276 e. The average molecular weight is 500 g/mol. The Morgan fingerprint density at radius 3 is 2.44 bits per heavy atom. The Labute approximate surface area is 199 Å². The number of halogens is 1. The number of nitrogens with zero attached hydrogens (tertiary/aromatic N) is 6. The average Bonchev–Trinajstić information content (AvgIpc) is 3.28. The number of piperazine rings is 1. The monoisotopic (exact) mass is 499 g/mol. The van der Waals surface area contributed by atoms with E-state index in [1.54, 1.807) is 42.5 Å². The third-order valence-electron chi connectivity index (χ3n) is 5.51. The van der Waals surface area contributed by atoms with E-state index >= 15 is 0 Å². The Bertz CT molecular complexity index is 1470. The molecule has 1 N–H and O–H groups in total. The predicted molar refractivity (Wildman–Crippen MR) is 122 cm³/mol. The summed E-state index contributed by atoms with van der Waals surface area (Å²) in [5.74, 6) is -0.333. The molecule has 1 amide bonds. The molecule has 5 rings (SSSR count). The zero-order valence-corrected chi connectivity index (χ0v) is 19.2. The summed E-state index contributed by atoms with van der Waals surface area (Å²) in [7, 11) is -3.86. The molecule has 174 valence electrons. The van der Waals surface area contributed by atoms with Gasteiger partial charge in [0.05, 0.1) is 16.7 Å². The molecule has 4 aromatic rings. The fourth-order valence-electron chi connectivity index (χ4n) is 3.68. The van der Waals surface area contributed by atoms with Gasteiger partial charge in [-0.1, -0.05) is 11.6 Å². The lowest BCUT2D eigenvalue weighted by atomic mass is 10.2. The third kappa shape index (κ3) is 4.18. The van der Waals surface area contributed by atoms with E-state index < -0.39 is 10.0 Å². The maximum atomic E-state index is 13.0. The molecule has 1 aromatic carbocycles. The normalized spacial score (nSPS) is 15.0. The van der Waals surface area contributed by atoms with Crippen LogP contribution in [0.3, 0.4) is 0 Å². The van der Waals surface area contributed by atoms with Crippen LogP contribution in [0.5, 0.6) is 0 Å². The predicted octanol–water partition coefficient (Wildman–Crippen LogP) is 1.45. The Hall–Kier alpha value is -3.61. The molecule has 1 aliphatic heterocycles. The van der Waals surface area contributed by atoms with Crippen LogP contribution in [-0.4, -0.2) is 69.9 Å². The zero-order chi connectivity index (χ0) is 23.9. The smallest absolute Gasteiger partial charge is 0.276 e. The summed E-state index contributed by atoms with van der Waals surface area (Å²) < 4.78 is 28.0. The zero-order valence-electron chi connectivity index (χ0n) is 17.6. The topological polar surface area (TPSA) is 139 Å². The lowest BCUT2D eigenvalue weighted by Crippen LogP contribution is -2.50. The number of hydrogen-bond donors (Lipinski definition) is 1. The van der Waals surface area contributed by atoms with E-state index in [1.165, 1.54) is 21.6 Å². The fourth-order valence-corrected chi connectivity index (χ4v) is 5.19. The second kappa shape index (κ2) is 8.63. The largest absolute Gasteiger partial charge is 0.619 e. The molecule has 4 heterocycles. The maximum absolute atomic E-state index is 13.0. The highest BCUT2D eigenvalue weighted by molar-refractivity contribution is 7.89. The van der Waals surface area contributed by atoms with Gasteiger partial charge in [-0.05, 0) is 30.3 Å². The quantitative estimate of drug-likeness (QED) is 0.331. The molecule has 0 bridgehead atoms. The van der Waals surface area contributed by atoms with Crippen molar-refractivity contribution in [2.24, 2.45) is 0 Å². The molecule has 34 heavy (non-hydrogen) atoms. The Kier molecular flexibility index (Phi) is 5.63. The summed E-state index contributed by atoms with van der Waals surface area (Å²) in [6.07, 6.45) is 2.70. The SMILES string of the molecule is O=C(c1ccc(-c2cc[n+]([O-])cc2)nn1)N1CCN(S(=O)(=O)c2nc3ccc(Cl)cc3[nH]2)CC1. The fraction of sp³-hybridized carbons (Fsp3) is 0.190. The van der Waals surface area contributed by atoms with Gasteiger partial charge in [0.1, 0.15) is 0 Å². The summed E-state index contributed by atoms with van der Waals surface area (Å²) in [5, 5.41) is 19.6. The number of nitrogens with one attached hydrogen (secondary N) is 1. The first kappa shape index (κ1) is 22.2. The van der Waals surface area contributed by atoms with Crippen LogP contribution in [0, 0.1) is 5.21 Å². The van der Waals surface area contributed by atoms with Gasteiger partial charge >= 0.3 is 0 Å². The lowest BCUT2D eigenvalue weighted by Gasteiger charge is -2.33. The number of fused-ring (bicyclic) bond motifs is 1. The van der Waals surface area contributed by atoms with Crippen LogP contribution in [0.4, 0.5) is 0 Å². The van der Waals surface area contributed by atoms with Gasteiger partial charge in [0, 0.05) is 48.9 Å². The van der Waals surface area contributed by atoms with Gasteiger partial charge < -0.3 is 15.1 Å². The Morgan fingerprint density at radius 2 is 1.76 bits per heavy atom. The highest BCUT2D eigenvalue weighted by Crippen LogP contribution is 2.22. The molecule has 1 aliphatic rings. The summed E-state index contributed by atoms with van der Waals surface area (Å²) >= 11 is 5.97. The number of pyridine rings is 1. The summed E-state index contributed by atoms with van der Waals surface area (Å²) in [5.41, 5.74) is 2.42. The Morgan fingerprint density at radius 1 is 1.03 bits per heavy atom. The highest BCUT2D eigenvalue weighted by atomic mass is 35.5. The second-order valence-corrected chi connectivity index (χ2v) is 9.94. The molecule has 13 heteroatoms. The van der Waals surface area contributed by atoms with Crippen LogP contribution in [0.15, 0.2) is 60.0 Å². The van der Waals surface area contributed by atoms with Gasteiger partial charge in [-0.3, -0.25) is 4.79 Å². The van der Waals surface area contributed by atoms with Crippen LogP contribution in [0.2, 0.25) is 5.02 Å². The molecular formula is C21H18ClN7O4S. The first-order valence-corrected chi connectivity index (χ1v) is 12.1. The number of sulfonamides is 1. The van der Waals surface area contributed by atoms with Crippen molar-refractivity contribution in [1.82, 2.24) is 29.4 Å². The van der Waals surface area contributed by atoms with Crippen LogP contribution < -0.4 is 4.73 Å². The number of H-pyrrole nitrogens is 1. The Balaban J connectivity index is 1.26. The van der Waals surface area contributed by atoms with E-state index in [0.717, 1.165) is 0 Å². The van der Waals surface area contributed by atoms with E-state index in [2.05, 4.69) is 20.2 Å². The number of hydrogen-bond acceptors (Lipinski definition) is 7. The minimum absolute atomic E-state index is 0.122. The van der Waals surface area contributed by atoms with Gasteiger partial charge in [0.25, 0.3) is 15.9 Å². The van der Waals surface area contributed by atoms with Crippen LogP contribution >= 0.6 is 11.6 Å². The molecule has 0 unspecified atom stereocenters. The summed E-state index contributed by atoms with van der Waals surface area (Å²) in [6, 6.07) is 11.3. The van der Waals surface area contributed by atoms with E-state index in [9.17, 15) is 18.4 Å². The van der Waals surface area contributed by atoms with Gasteiger partial charge in [-0.2, -0.15) is 9.04 Å². The molecule has 0 atom stereocenters. The van der Waals surface area contributed by atoms with Crippen molar-refractivity contribution in [1.29, 1.82) is 0 Å². The highest BCUT2D eigenvalue weighted by Gasteiger charge is 2.33. The first-order valence-electron chi connectivity index (χ1n) is 10.3. The van der Waals surface area contributed by atoms with E-state index in [0.29, 0.717) is 32.0 Å². The number of aromatic amines is 1. The number of aromatic nitrogens is 5. The van der Waals surface area contributed by atoms with Crippen LogP contribution in [0.25, 0.3) is 22.3 Å². The molecular weight excluding hydrogens is 482 g/mol. The number of amides is 1. The molecule has 11 nitrogen and oxygen atoms in total. The van der Waals surface area contributed by atoms with E-state index in [-0.39, 0.29) is 42.9 Å².